The van der Waals surface area contributed by atoms with Crippen molar-refractivity contribution in [1.29, 1.82) is 0 Å². The lowest BCUT2D eigenvalue weighted by molar-refractivity contribution is -0.231. The van der Waals surface area contributed by atoms with E-state index in [1.54, 1.807) is 6.42 Å². The highest BCUT2D eigenvalue weighted by atomic mass is 14.7. The van der Waals surface area contributed by atoms with Gasteiger partial charge in [-0.2, -0.15) is 0 Å². The Kier molecular flexibility index (Phi) is 1.88. The first-order valence-electron chi connectivity index (χ1n) is 7.74. The average molecular weight is 230 g/mol. The van der Waals surface area contributed by atoms with E-state index in [4.69, 9.17) is 0 Å². The minimum Gasteiger partial charge on any atom is -0.0851 e. The summed E-state index contributed by atoms with van der Waals surface area (Å²) in [5, 5.41) is 0. The SMILES string of the molecule is CC1CCC2CC1(C1CC3C=CC1C3)C2(C)C. The predicted molar refractivity (Wildman–Crippen MR) is 71.6 cm³/mol. The summed E-state index contributed by atoms with van der Waals surface area (Å²) in [6.07, 6.45) is 12.6. The fourth-order valence-corrected chi connectivity index (χ4v) is 6.55. The fourth-order valence-electron chi connectivity index (χ4n) is 6.55. The predicted octanol–water partition coefficient (Wildman–Crippen LogP) is 4.66. The van der Waals surface area contributed by atoms with E-state index in [1.807, 2.05) is 0 Å². The highest BCUT2D eigenvalue weighted by Gasteiger charge is 2.68. The quantitative estimate of drug-likeness (QED) is 0.575. The summed E-state index contributed by atoms with van der Waals surface area (Å²) in [6, 6.07) is 0. The lowest BCUT2D eigenvalue weighted by Crippen LogP contribution is -2.65. The molecule has 4 bridgehead atoms. The van der Waals surface area contributed by atoms with Gasteiger partial charge in [-0.3, -0.25) is 0 Å². The van der Waals surface area contributed by atoms with Crippen molar-refractivity contribution in [1.82, 2.24) is 0 Å². The van der Waals surface area contributed by atoms with Crippen LogP contribution in [0.2, 0.25) is 0 Å². The first-order valence-corrected chi connectivity index (χ1v) is 7.74. The molecule has 6 atom stereocenters. The maximum absolute atomic E-state index is 2.59. The van der Waals surface area contributed by atoms with Gasteiger partial charge in [-0.15, -0.1) is 0 Å². The highest BCUT2D eigenvalue weighted by molar-refractivity contribution is 5.22. The summed E-state index contributed by atoms with van der Waals surface area (Å²) >= 11 is 0. The van der Waals surface area contributed by atoms with Gasteiger partial charge in [-0.05, 0) is 72.5 Å². The Balaban J connectivity index is 1.73. The van der Waals surface area contributed by atoms with Crippen LogP contribution in [0.4, 0.5) is 0 Å². The fraction of sp³-hybridized carbons (Fsp3) is 0.882. The summed E-state index contributed by atoms with van der Waals surface area (Å²) in [5.41, 5.74) is 1.34. The van der Waals surface area contributed by atoms with Crippen molar-refractivity contribution in [2.75, 3.05) is 0 Å². The topological polar surface area (TPSA) is 0 Å². The summed E-state index contributed by atoms with van der Waals surface area (Å²) < 4.78 is 0. The molecule has 5 aliphatic carbocycles. The summed E-state index contributed by atoms with van der Waals surface area (Å²) in [7, 11) is 0. The van der Waals surface area contributed by atoms with E-state index >= 15 is 0 Å². The molecule has 0 aromatic rings. The zero-order valence-electron chi connectivity index (χ0n) is 11.6. The Morgan fingerprint density at radius 3 is 2.41 bits per heavy atom. The van der Waals surface area contributed by atoms with Crippen LogP contribution >= 0.6 is 0 Å². The largest absolute Gasteiger partial charge is 0.0851 e. The molecule has 4 saturated carbocycles. The van der Waals surface area contributed by atoms with E-state index in [-0.39, 0.29) is 0 Å². The number of rotatable bonds is 1. The second kappa shape index (κ2) is 3.00. The van der Waals surface area contributed by atoms with Crippen molar-refractivity contribution in [3.63, 3.8) is 0 Å². The van der Waals surface area contributed by atoms with Gasteiger partial charge in [0.05, 0.1) is 0 Å². The van der Waals surface area contributed by atoms with E-state index in [0.717, 1.165) is 29.6 Å². The smallest absolute Gasteiger partial charge is 0.0181 e. The maximum atomic E-state index is 2.59. The Bertz CT molecular complexity index is 377. The van der Waals surface area contributed by atoms with Crippen LogP contribution in [0.15, 0.2) is 12.2 Å². The van der Waals surface area contributed by atoms with Gasteiger partial charge < -0.3 is 0 Å². The maximum Gasteiger partial charge on any atom is -0.0181 e. The van der Waals surface area contributed by atoms with Gasteiger partial charge in [0.1, 0.15) is 0 Å². The van der Waals surface area contributed by atoms with Gasteiger partial charge in [-0.25, -0.2) is 0 Å². The van der Waals surface area contributed by atoms with E-state index in [0.29, 0.717) is 10.8 Å². The van der Waals surface area contributed by atoms with Crippen LogP contribution in [0.3, 0.4) is 0 Å². The molecule has 0 N–H and O–H groups in total. The van der Waals surface area contributed by atoms with Crippen LogP contribution in [0.25, 0.3) is 0 Å². The molecule has 0 amide bonds. The van der Waals surface area contributed by atoms with Crippen LogP contribution in [-0.4, -0.2) is 0 Å². The van der Waals surface area contributed by atoms with Crippen molar-refractivity contribution in [3.8, 4) is 0 Å². The van der Waals surface area contributed by atoms with E-state index in [9.17, 15) is 0 Å². The van der Waals surface area contributed by atoms with Crippen molar-refractivity contribution in [2.24, 2.45) is 40.4 Å². The van der Waals surface area contributed by atoms with Crippen LogP contribution < -0.4 is 0 Å². The van der Waals surface area contributed by atoms with Gasteiger partial charge in [0, 0.05) is 0 Å². The molecule has 0 aromatic heterocycles. The molecule has 5 aliphatic rings. The van der Waals surface area contributed by atoms with Crippen molar-refractivity contribution in [2.45, 2.75) is 52.9 Å². The minimum atomic E-state index is 0.633. The zero-order valence-corrected chi connectivity index (χ0v) is 11.6. The third-order valence-corrected chi connectivity index (χ3v) is 7.57. The second-order valence-corrected chi connectivity index (χ2v) is 8.03. The molecule has 0 spiro atoms. The number of hydrogen-bond donors (Lipinski definition) is 0. The monoisotopic (exact) mass is 230 g/mol. The van der Waals surface area contributed by atoms with Crippen LogP contribution in [0.1, 0.15) is 52.9 Å². The van der Waals surface area contributed by atoms with Crippen LogP contribution in [-0.2, 0) is 0 Å². The third-order valence-electron chi connectivity index (χ3n) is 7.57. The first-order chi connectivity index (χ1) is 8.05. The molecule has 0 aromatic carbocycles. The highest BCUT2D eigenvalue weighted by Crippen LogP contribution is 2.76. The molecule has 17 heavy (non-hydrogen) atoms. The first kappa shape index (κ1) is 10.6. The number of hydrogen-bond acceptors (Lipinski definition) is 0. The molecule has 4 fully saturated rings. The summed E-state index contributed by atoms with van der Waals surface area (Å²) in [4.78, 5) is 0. The van der Waals surface area contributed by atoms with E-state index in [1.165, 1.54) is 25.7 Å². The molecule has 0 heteroatoms. The van der Waals surface area contributed by atoms with Crippen molar-refractivity contribution in [3.05, 3.63) is 12.2 Å². The molecule has 0 heterocycles. The number of allylic oxidation sites excluding steroid dienone is 2. The lowest BCUT2D eigenvalue weighted by atomic mass is 9.33. The Labute approximate surface area is 106 Å². The van der Waals surface area contributed by atoms with Gasteiger partial charge in [0.15, 0.2) is 0 Å². The zero-order chi connectivity index (χ0) is 11.8. The van der Waals surface area contributed by atoms with E-state index < -0.39 is 0 Å². The molecular weight excluding hydrogens is 204 g/mol. The minimum absolute atomic E-state index is 0.633. The van der Waals surface area contributed by atoms with Gasteiger partial charge >= 0.3 is 0 Å². The molecule has 0 saturated heterocycles. The lowest BCUT2D eigenvalue weighted by Gasteiger charge is -2.72. The Morgan fingerprint density at radius 2 is 1.88 bits per heavy atom. The Hall–Kier alpha value is -0.260. The molecule has 6 unspecified atom stereocenters. The van der Waals surface area contributed by atoms with Gasteiger partial charge in [0.25, 0.3) is 0 Å². The summed E-state index contributed by atoms with van der Waals surface area (Å²) in [6.45, 7) is 7.74. The molecule has 94 valence electrons. The molecule has 5 rings (SSSR count). The number of fused-ring (bicyclic) bond motifs is 4. The summed E-state index contributed by atoms with van der Waals surface area (Å²) in [5.74, 6) is 4.94. The average Bonchev–Trinajstić information content (AvgIpc) is 2.90. The molecular formula is C17H26. The standard InChI is InChI=1S/C17H26/c1-11-4-7-14-10-17(11,16(14,2)3)15-9-12-5-6-13(15)8-12/h5-6,11-15H,4,7-10H2,1-3H3. The van der Waals surface area contributed by atoms with E-state index in [2.05, 4.69) is 32.9 Å². The molecule has 0 nitrogen and oxygen atoms in total. The van der Waals surface area contributed by atoms with Crippen molar-refractivity contribution >= 4 is 0 Å². The second-order valence-electron chi connectivity index (χ2n) is 8.03. The molecule has 0 radical (unpaired) electrons. The third kappa shape index (κ3) is 1.03. The van der Waals surface area contributed by atoms with Crippen LogP contribution in [0.5, 0.6) is 0 Å². The van der Waals surface area contributed by atoms with Gasteiger partial charge in [0.2, 0.25) is 0 Å². The van der Waals surface area contributed by atoms with Crippen LogP contribution in [0, 0.1) is 40.4 Å². The molecule has 0 aliphatic heterocycles. The van der Waals surface area contributed by atoms with Crippen molar-refractivity contribution < 1.29 is 0 Å². The normalized spacial score (nSPS) is 58.2. The Morgan fingerprint density at radius 1 is 1.06 bits per heavy atom. The van der Waals surface area contributed by atoms with Gasteiger partial charge in [-0.1, -0.05) is 32.9 Å².